The van der Waals surface area contributed by atoms with E-state index in [4.69, 9.17) is 0 Å². The Hall–Kier alpha value is -0.940. The first-order chi connectivity index (χ1) is 23.9. The number of rotatable bonds is 39. The molecule has 0 radical (unpaired) electrons. The van der Waals surface area contributed by atoms with Crippen LogP contribution in [0.5, 0.6) is 0 Å². The van der Waals surface area contributed by atoms with Crippen molar-refractivity contribution < 1.29 is 19.2 Å². The Kier molecular flexibility index (Phi) is 36.1. The molecule has 0 aliphatic heterocycles. The number of hydrogen-bond donors (Lipinski definition) is 1. The number of quaternary nitrogens is 1. The third-order valence-electron chi connectivity index (χ3n) is 10.7. The molecule has 0 aromatic heterocycles. The highest BCUT2D eigenvalue weighted by atomic mass is 16.3. The van der Waals surface area contributed by atoms with Gasteiger partial charge in [0, 0.05) is 38.8 Å². The quantitative estimate of drug-likeness (QED) is 0.0515. The SMILES string of the molecule is CCCCCCCCCCCCCCCCCC(=O)N(CCC[N+](C)(C)CCCO)C(=O)CCCCCCCCCCCCCCCCC. The Labute approximate surface area is 307 Å². The number of unbranched alkanes of at least 4 members (excludes halogenated alkanes) is 28. The van der Waals surface area contributed by atoms with Crippen molar-refractivity contribution in [3.63, 3.8) is 0 Å². The van der Waals surface area contributed by atoms with Gasteiger partial charge >= 0.3 is 0 Å². The van der Waals surface area contributed by atoms with Crippen molar-refractivity contribution >= 4 is 11.8 Å². The fourth-order valence-corrected chi connectivity index (χ4v) is 7.22. The first-order valence-corrected chi connectivity index (χ1v) is 22.1. The van der Waals surface area contributed by atoms with Crippen LogP contribution in [0, 0.1) is 0 Å². The number of aliphatic hydroxyl groups excluding tert-OH is 1. The molecule has 0 rings (SSSR count). The predicted octanol–water partition coefficient (Wildman–Crippen LogP) is 12.7. The first kappa shape index (κ1) is 48.1. The van der Waals surface area contributed by atoms with Crippen LogP contribution in [-0.4, -0.2) is 66.6 Å². The summed E-state index contributed by atoms with van der Waals surface area (Å²) in [4.78, 5) is 28.2. The van der Waals surface area contributed by atoms with Crippen molar-refractivity contribution in [1.29, 1.82) is 0 Å². The molecule has 292 valence electrons. The molecule has 1 N–H and O–H groups in total. The van der Waals surface area contributed by atoms with Gasteiger partial charge in [-0.2, -0.15) is 0 Å². The third kappa shape index (κ3) is 33.9. The highest BCUT2D eigenvalue weighted by Crippen LogP contribution is 2.17. The number of carbonyl (C=O) groups excluding carboxylic acids is 2. The molecule has 5 heteroatoms. The minimum atomic E-state index is 0.0429. The summed E-state index contributed by atoms with van der Waals surface area (Å²) in [5, 5.41) is 9.24. The Morgan fingerprint density at radius 1 is 0.408 bits per heavy atom. The van der Waals surface area contributed by atoms with E-state index < -0.39 is 0 Å². The van der Waals surface area contributed by atoms with Gasteiger partial charge in [0.2, 0.25) is 11.8 Å². The van der Waals surface area contributed by atoms with Gasteiger partial charge in [-0.15, -0.1) is 0 Å². The average molecular weight is 694 g/mol. The van der Waals surface area contributed by atoms with E-state index in [1.165, 1.54) is 167 Å². The van der Waals surface area contributed by atoms with Crippen LogP contribution in [0.1, 0.15) is 232 Å². The largest absolute Gasteiger partial charge is 0.396 e. The molecule has 0 saturated carbocycles. The Morgan fingerprint density at radius 3 is 0.959 bits per heavy atom. The molecule has 2 amide bonds. The average Bonchev–Trinajstić information content (AvgIpc) is 3.09. The lowest BCUT2D eigenvalue weighted by molar-refractivity contribution is -0.890. The van der Waals surface area contributed by atoms with Gasteiger partial charge in [0.05, 0.1) is 27.2 Å². The topological polar surface area (TPSA) is 57.6 Å². The Bertz CT molecular complexity index is 664. The van der Waals surface area contributed by atoms with Crippen LogP contribution < -0.4 is 0 Å². The second-order valence-corrected chi connectivity index (χ2v) is 16.2. The van der Waals surface area contributed by atoms with Crippen molar-refractivity contribution in [3.05, 3.63) is 0 Å². The molecule has 5 nitrogen and oxygen atoms in total. The summed E-state index contributed by atoms with van der Waals surface area (Å²) in [6.45, 7) is 7.14. The second kappa shape index (κ2) is 36.8. The maximum atomic E-state index is 13.3. The molecule has 0 aromatic rings. The van der Waals surface area contributed by atoms with E-state index in [1.54, 1.807) is 4.90 Å². The van der Waals surface area contributed by atoms with Crippen LogP contribution in [0.3, 0.4) is 0 Å². The van der Waals surface area contributed by atoms with E-state index in [1.807, 2.05) is 0 Å². The zero-order valence-electron chi connectivity index (χ0n) is 34.0. The van der Waals surface area contributed by atoms with Crippen LogP contribution in [-0.2, 0) is 9.59 Å². The zero-order chi connectivity index (χ0) is 36.1. The van der Waals surface area contributed by atoms with E-state index in [2.05, 4.69) is 27.9 Å². The van der Waals surface area contributed by atoms with Crippen molar-refractivity contribution in [1.82, 2.24) is 4.90 Å². The van der Waals surface area contributed by atoms with Crippen molar-refractivity contribution in [2.24, 2.45) is 0 Å². The lowest BCUT2D eigenvalue weighted by atomic mass is 10.0. The number of aliphatic hydroxyl groups is 1. The van der Waals surface area contributed by atoms with E-state index in [0.29, 0.717) is 19.4 Å². The molecule has 0 heterocycles. The molecular formula is C44H89N2O3+. The van der Waals surface area contributed by atoms with Gasteiger partial charge in [0.1, 0.15) is 0 Å². The van der Waals surface area contributed by atoms with Gasteiger partial charge in [-0.05, 0) is 12.8 Å². The van der Waals surface area contributed by atoms with Crippen molar-refractivity contribution in [2.45, 2.75) is 232 Å². The third-order valence-corrected chi connectivity index (χ3v) is 10.7. The van der Waals surface area contributed by atoms with Crippen LogP contribution in [0.4, 0.5) is 0 Å². The van der Waals surface area contributed by atoms with E-state index in [0.717, 1.165) is 56.1 Å². The van der Waals surface area contributed by atoms with E-state index >= 15 is 0 Å². The van der Waals surface area contributed by atoms with Gasteiger partial charge in [0.15, 0.2) is 0 Å². The maximum Gasteiger partial charge on any atom is 0.229 e. The number of nitrogens with zero attached hydrogens (tertiary/aromatic N) is 2. The summed E-state index contributed by atoms with van der Waals surface area (Å²) in [6.07, 6.45) is 42.0. The summed E-state index contributed by atoms with van der Waals surface area (Å²) in [7, 11) is 4.35. The summed E-state index contributed by atoms with van der Waals surface area (Å²) in [6, 6.07) is 0. The molecule has 0 atom stereocenters. The minimum Gasteiger partial charge on any atom is -0.396 e. The normalized spacial score (nSPS) is 11.8. The number of amides is 2. The molecule has 49 heavy (non-hydrogen) atoms. The minimum absolute atomic E-state index is 0.0429. The maximum absolute atomic E-state index is 13.3. The van der Waals surface area contributed by atoms with Gasteiger partial charge in [-0.25, -0.2) is 0 Å². The van der Waals surface area contributed by atoms with Gasteiger partial charge < -0.3 is 9.59 Å². The Morgan fingerprint density at radius 2 is 0.673 bits per heavy atom. The van der Waals surface area contributed by atoms with Crippen LogP contribution in [0.25, 0.3) is 0 Å². The van der Waals surface area contributed by atoms with Crippen LogP contribution >= 0.6 is 0 Å². The lowest BCUT2D eigenvalue weighted by Gasteiger charge is -2.30. The molecule has 0 spiro atoms. The predicted molar refractivity (Wildman–Crippen MR) is 214 cm³/mol. The number of carbonyl (C=O) groups is 2. The second-order valence-electron chi connectivity index (χ2n) is 16.2. The lowest BCUT2D eigenvalue weighted by Crippen LogP contribution is -2.44. The zero-order valence-corrected chi connectivity index (χ0v) is 34.0. The highest BCUT2D eigenvalue weighted by Gasteiger charge is 2.22. The summed E-state index contributed by atoms with van der Waals surface area (Å²) < 4.78 is 0.814. The van der Waals surface area contributed by atoms with Gasteiger partial charge in [0.25, 0.3) is 0 Å². The number of imide groups is 1. The molecule has 0 bridgehead atoms. The molecule has 0 aliphatic rings. The molecule has 0 fully saturated rings. The Balaban J connectivity index is 4.21. The fourth-order valence-electron chi connectivity index (χ4n) is 7.22. The van der Waals surface area contributed by atoms with E-state index in [-0.39, 0.29) is 18.4 Å². The molecule has 0 unspecified atom stereocenters. The molecule has 0 aromatic carbocycles. The van der Waals surface area contributed by atoms with Crippen LogP contribution in [0.15, 0.2) is 0 Å². The van der Waals surface area contributed by atoms with E-state index in [9.17, 15) is 14.7 Å². The summed E-state index contributed by atoms with van der Waals surface area (Å²) >= 11 is 0. The number of hydrogen-bond acceptors (Lipinski definition) is 3. The smallest absolute Gasteiger partial charge is 0.229 e. The molecule has 0 saturated heterocycles. The fraction of sp³-hybridized carbons (Fsp3) is 0.955. The molecule has 0 aliphatic carbocycles. The van der Waals surface area contributed by atoms with Crippen LogP contribution in [0.2, 0.25) is 0 Å². The first-order valence-electron chi connectivity index (χ1n) is 22.1. The monoisotopic (exact) mass is 694 g/mol. The van der Waals surface area contributed by atoms with Crippen molar-refractivity contribution in [3.8, 4) is 0 Å². The standard InChI is InChI=1S/C44H89N2O3/c1-5-7-9-11-13-15-17-19-21-23-25-27-29-31-33-37-43(48)45(39-35-40-46(3,4)41-36-42-47)44(49)38-34-32-30-28-26-24-22-20-18-16-14-12-10-8-6-2/h47H,5-42H2,1-4H3/q+1. The van der Waals surface area contributed by atoms with Gasteiger partial charge in [-0.3, -0.25) is 14.5 Å². The summed E-state index contributed by atoms with van der Waals surface area (Å²) in [5.41, 5.74) is 0. The van der Waals surface area contributed by atoms with Crippen molar-refractivity contribution in [2.75, 3.05) is 40.3 Å². The summed E-state index contributed by atoms with van der Waals surface area (Å²) in [5.74, 6) is 0.0858. The molecular weight excluding hydrogens is 604 g/mol. The highest BCUT2D eigenvalue weighted by molar-refractivity contribution is 5.95. The van der Waals surface area contributed by atoms with Gasteiger partial charge in [-0.1, -0.05) is 194 Å².